The van der Waals surface area contributed by atoms with Gasteiger partial charge in [-0.1, -0.05) is 12.1 Å². The van der Waals surface area contributed by atoms with Gasteiger partial charge < -0.3 is 5.32 Å². The molecule has 2 aromatic rings. The molecular weight excluding hydrogens is 338 g/mol. The number of rotatable bonds is 7. The maximum absolute atomic E-state index is 12.4. The van der Waals surface area contributed by atoms with Gasteiger partial charge >= 0.3 is 0 Å². The van der Waals surface area contributed by atoms with Crippen LogP contribution in [0.2, 0.25) is 0 Å². The van der Waals surface area contributed by atoms with E-state index in [1.807, 2.05) is 25.1 Å². The Labute approximate surface area is 151 Å². The van der Waals surface area contributed by atoms with Crippen molar-refractivity contribution in [1.29, 1.82) is 0 Å². The minimum atomic E-state index is -0.468. The molecule has 0 radical (unpaired) electrons. The SMILES string of the molecule is CSc1ccc(CN(C)C(C)C(=O)Nc2ccc([N+](=O)[O-])cc2)cc1. The van der Waals surface area contributed by atoms with E-state index >= 15 is 0 Å². The van der Waals surface area contributed by atoms with Crippen LogP contribution in [0.1, 0.15) is 12.5 Å². The Morgan fingerprint density at radius 3 is 2.32 bits per heavy atom. The average Bonchev–Trinajstić information content (AvgIpc) is 2.62. The summed E-state index contributed by atoms with van der Waals surface area (Å²) < 4.78 is 0. The Hall–Kier alpha value is -2.38. The molecule has 0 aliphatic rings. The van der Waals surface area contributed by atoms with Gasteiger partial charge in [0.15, 0.2) is 0 Å². The maximum atomic E-state index is 12.4. The zero-order valence-corrected chi connectivity index (χ0v) is 15.2. The second kappa shape index (κ2) is 8.64. The van der Waals surface area contributed by atoms with Crippen molar-refractivity contribution in [3.05, 3.63) is 64.2 Å². The van der Waals surface area contributed by atoms with Gasteiger partial charge in [0, 0.05) is 29.3 Å². The molecule has 0 bridgehead atoms. The number of nitro groups is 1. The smallest absolute Gasteiger partial charge is 0.269 e. The number of nitrogens with zero attached hydrogens (tertiary/aromatic N) is 2. The fourth-order valence-corrected chi connectivity index (χ4v) is 2.68. The van der Waals surface area contributed by atoms with Crippen LogP contribution in [0.15, 0.2) is 53.4 Å². The molecule has 0 aliphatic carbocycles. The molecule has 0 saturated carbocycles. The minimum absolute atomic E-state index is 0.00291. The van der Waals surface area contributed by atoms with Crippen molar-refractivity contribution >= 4 is 29.0 Å². The van der Waals surface area contributed by atoms with Crippen LogP contribution in [-0.4, -0.2) is 35.1 Å². The summed E-state index contributed by atoms with van der Waals surface area (Å²) in [5.41, 5.74) is 1.67. The van der Waals surface area contributed by atoms with Crippen LogP contribution in [0.5, 0.6) is 0 Å². The summed E-state index contributed by atoms with van der Waals surface area (Å²) in [6, 6.07) is 13.7. The summed E-state index contributed by atoms with van der Waals surface area (Å²) in [7, 11) is 1.89. The Kier molecular flexibility index (Phi) is 6.55. The van der Waals surface area contributed by atoms with E-state index in [-0.39, 0.29) is 17.6 Å². The molecular formula is C18H21N3O3S. The molecule has 25 heavy (non-hydrogen) atoms. The van der Waals surface area contributed by atoms with Gasteiger partial charge in [0.2, 0.25) is 5.91 Å². The molecule has 2 aromatic carbocycles. The average molecular weight is 359 g/mol. The monoisotopic (exact) mass is 359 g/mol. The Balaban J connectivity index is 1.94. The highest BCUT2D eigenvalue weighted by molar-refractivity contribution is 7.98. The maximum Gasteiger partial charge on any atom is 0.269 e. The summed E-state index contributed by atoms with van der Waals surface area (Å²) in [6.45, 7) is 2.49. The van der Waals surface area contributed by atoms with E-state index in [0.717, 1.165) is 5.56 Å². The van der Waals surface area contributed by atoms with Gasteiger partial charge in [0.05, 0.1) is 11.0 Å². The molecule has 0 saturated heterocycles. The molecule has 1 atom stereocenters. The summed E-state index contributed by atoms with van der Waals surface area (Å²) in [4.78, 5) is 25.7. The normalized spacial score (nSPS) is 12.0. The third-order valence-corrected chi connectivity index (χ3v) is 4.72. The second-order valence-corrected chi connectivity index (χ2v) is 6.61. The first-order chi connectivity index (χ1) is 11.9. The van der Waals surface area contributed by atoms with Crippen molar-refractivity contribution in [3.63, 3.8) is 0 Å². The number of hydrogen-bond donors (Lipinski definition) is 1. The molecule has 132 valence electrons. The summed E-state index contributed by atoms with van der Waals surface area (Å²) in [5.74, 6) is -0.155. The molecule has 1 unspecified atom stereocenters. The van der Waals surface area contributed by atoms with Gasteiger partial charge in [-0.05, 0) is 50.1 Å². The zero-order valence-electron chi connectivity index (χ0n) is 14.4. The minimum Gasteiger partial charge on any atom is -0.325 e. The molecule has 0 heterocycles. The van der Waals surface area contributed by atoms with E-state index in [1.165, 1.54) is 29.2 Å². The highest BCUT2D eigenvalue weighted by atomic mass is 32.2. The van der Waals surface area contributed by atoms with Gasteiger partial charge in [0.25, 0.3) is 5.69 Å². The van der Waals surface area contributed by atoms with Gasteiger partial charge in [0.1, 0.15) is 0 Å². The molecule has 0 aliphatic heterocycles. The Morgan fingerprint density at radius 1 is 1.20 bits per heavy atom. The molecule has 7 heteroatoms. The third-order valence-electron chi connectivity index (χ3n) is 3.98. The number of likely N-dealkylation sites (N-methyl/N-ethyl adjacent to an activating group) is 1. The highest BCUT2D eigenvalue weighted by Crippen LogP contribution is 2.18. The predicted octanol–water partition coefficient (Wildman–Crippen LogP) is 3.78. The summed E-state index contributed by atoms with van der Waals surface area (Å²) in [6.07, 6.45) is 2.03. The van der Waals surface area contributed by atoms with Crippen molar-refractivity contribution in [3.8, 4) is 0 Å². The second-order valence-electron chi connectivity index (χ2n) is 5.73. The number of hydrogen-bond acceptors (Lipinski definition) is 5. The van der Waals surface area contributed by atoms with Gasteiger partial charge in [-0.2, -0.15) is 0 Å². The van der Waals surface area contributed by atoms with E-state index in [2.05, 4.69) is 29.6 Å². The van der Waals surface area contributed by atoms with Crippen molar-refractivity contribution < 1.29 is 9.72 Å². The zero-order chi connectivity index (χ0) is 18.4. The van der Waals surface area contributed by atoms with Crippen LogP contribution >= 0.6 is 11.8 Å². The fraction of sp³-hybridized carbons (Fsp3) is 0.278. The van der Waals surface area contributed by atoms with Crippen LogP contribution in [0.25, 0.3) is 0 Å². The van der Waals surface area contributed by atoms with Gasteiger partial charge in [-0.25, -0.2) is 0 Å². The standard InChI is InChI=1S/C18H21N3O3S/c1-13(20(2)12-14-4-10-17(25-3)11-5-14)18(22)19-15-6-8-16(9-7-15)21(23)24/h4-11,13H,12H2,1-3H3,(H,19,22). The van der Waals surface area contributed by atoms with Gasteiger partial charge in [-0.15, -0.1) is 11.8 Å². The molecule has 1 N–H and O–H groups in total. The summed E-state index contributed by atoms with van der Waals surface area (Å²) in [5, 5.41) is 13.4. The molecule has 6 nitrogen and oxygen atoms in total. The van der Waals surface area contributed by atoms with E-state index < -0.39 is 4.92 Å². The predicted molar refractivity (Wildman–Crippen MR) is 101 cm³/mol. The first-order valence-electron chi connectivity index (χ1n) is 7.79. The molecule has 2 rings (SSSR count). The van der Waals surface area contributed by atoms with E-state index in [9.17, 15) is 14.9 Å². The number of thioether (sulfide) groups is 1. The number of carbonyl (C=O) groups is 1. The molecule has 0 fully saturated rings. The van der Waals surface area contributed by atoms with Crippen LogP contribution in [-0.2, 0) is 11.3 Å². The Bertz CT molecular complexity index is 732. The van der Waals surface area contributed by atoms with Crippen LogP contribution in [0.3, 0.4) is 0 Å². The lowest BCUT2D eigenvalue weighted by Crippen LogP contribution is -2.39. The van der Waals surface area contributed by atoms with Crippen molar-refractivity contribution in [2.24, 2.45) is 0 Å². The molecule has 1 amide bonds. The Morgan fingerprint density at radius 2 is 1.80 bits per heavy atom. The molecule has 0 aromatic heterocycles. The van der Waals surface area contributed by atoms with Crippen molar-refractivity contribution in [2.75, 3.05) is 18.6 Å². The van der Waals surface area contributed by atoms with E-state index in [4.69, 9.17) is 0 Å². The topological polar surface area (TPSA) is 75.5 Å². The number of amides is 1. The molecule has 0 spiro atoms. The fourth-order valence-electron chi connectivity index (χ4n) is 2.27. The number of nitrogens with one attached hydrogen (secondary N) is 1. The number of benzene rings is 2. The highest BCUT2D eigenvalue weighted by Gasteiger charge is 2.18. The number of non-ortho nitro benzene ring substituents is 1. The lowest BCUT2D eigenvalue weighted by Gasteiger charge is -2.24. The first kappa shape index (κ1) is 19.0. The quantitative estimate of drug-likeness (QED) is 0.463. The number of nitro benzene ring substituents is 1. The largest absolute Gasteiger partial charge is 0.325 e. The van der Waals surface area contributed by atoms with Crippen molar-refractivity contribution in [2.45, 2.75) is 24.4 Å². The van der Waals surface area contributed by atoms with Gasteiger partial charge in [-0.3, -0.25) is 19.8 Å². The number of carbonyl (C=O) groups excluding carboxylic acids is 1. The first-order valence-corrected chi connectivity index (χ1v) is 9.01. The number of anilines is 1. The van der Waals surface area contributed by atoms with Crippen LogP contribution < -0.4 is 5.32 Å². The van der Waals surface area contributed by atoms with E-state index in [1.54, 1.807) is 11.8 Å². The van der Waals surface area contributed by atoms with Crippen LogP contribution in [0, 0.1) is 10.1 Å². The van der Waals surface area contributed by atoms with Crippen molar-refractivity contribution in [1.82, 2.24) is 4.90 Å². The lowest BCUT2D eigenvalue weighted by molar-refractivity contribution is -0.384. The van der Waals surface area contributed by atoms with E-state index in [0.29, 0.717) is 12.2 Å². The third kappa shape index (κ3) is 5.30. The van der Waals surface area contributed by atoms with Crippen LogP contribution in [0.4, 0.5) is 11.4 Å². The lowest BCUT2D eigenvalue weighted by atomic mass is 10.2. The summed E-state index contributed by atoms with van der Waals surface area (Å²) >= 11 is 1.69.